The van der Waals surface area contributed by atoms with E-state index in [0.29, 0.717) is 0 Å². The number of aromatic nitrogens is 5. The van der Waals surface area contributed by atoms with Crippen molar-refractivity contribution in [3.63, 3.8) is 0 Å². The van der Waals surface area contributed by atoms with E-state index >= 15 is 0 Å². The summed E-state index contributed by atoms with van der Waals surface area (Å²) >= 11 is 0. The topological polar surface area (TPSA) is 74.0 Å². The van der Waals surface area contributed by atoms with Crippen LogP contribution >= 0.6 is 0 Å². The maximum atomic E-state index is 5.92. The van der Waals surface area contributed by atoms with Gasteiger partial charge >= 0.3 is 0 Å². The molecule has 6 heteroatoms. The number of nitrogens with two attached hydrogens (primary N) is 1. The van der Waals surface area contributed by atoms with E-state index in [1.54, 1.807) is 12.4 Å². The van der Waals surface area contributed by atoms with E-state index in [2.05, 4.69) is 26.6 Å². The molecule has 0 fully saturated rings. The van der Waals surface area contributed by atoms with Crippen molar-refractivity contribution < 1.29 is 0 Å². The van der Waals surface area contributed by atoms with Gasteiger partial charge in [-0.1, -0.05) is 6.07 Å². The molecular formula is C16H14N6. The largest absolute Gasteiger partial charge is 0.399 e. The fraction of sp³-hybridized carbons (Fsp3) is 0.0625. The molecule has 0 radical (unpaired) electrons. The highest BCUT2D eigenvalue weighted by Gasteiger charge is 2.11. The SMILES string of the molecule is Cc1ccc(N)cc1-n1ccn2nc(-c3cncnc3)cc12. The maximum absolute atomic E-state index is 5.92. The van der Waals surface area contributed by atoms with Gasteiger partial charge in [-0.2, -0.15) is 5.10 Å². The van der Waals surface area contributed by atoms with Crippen LogP contribution < -0.4 is 5.73 Å². The van der Waals surface area contributed by atoms with E-state index in [0.717, 1.165) is 33.8 Å². The molecule has 0 saturated heterocycles. The van der Waals surface area contributed by atoms with Crippen molar-refractivity contribution >= 4 is 11.3 Å². The zero-order chi connectivity index (χ0) is 15.1. The zero-order valence-corrected chi connectivity index (χ0v) is 12.0. The molecule has 4 aromatic rings. The first kappa shape index (κ1) is 12.6. The average molecular weight is 290 g/mol. The number of nitrogen functional groups attached to an aromatic ring is 1. The average Bonchev–Trinajstić information content (AvgIpc) is 3.11. The molecule has 6 nitrogen and oxygen atoms in total. The minimum Gasteiger partial charge on any atom is -0.399 e. The summed E-state index contributed by atoms with van der Waals surface area (Å²) in [7, 11) is 0. The Morgan fingerprint density at radius 2 is 1.86 bits per heavy atom. The van der Waals surface area contributed by atoms with Crippen LogP contribution in [0.2, 0.25) is 0 Å². The Morgan fingerprint density at radius 3 is 2.68 bits per heavy atom. The number of aryl methyl sites for hydroxylation is 1. The predicted molar refractivity (Wildman–Crippen MR) is 84.7 cm³/mol. The second kappa shape index (κ2) is 4.70. The van der Waals surface area contributed by atoms with Crippen LogP contribution in [0.4, 0.5) is 5.69 Å². The number of nitrogens with zero attached hydrogens (tertiary/aromatic N) is 5. The van der Waals surface area contributed by atoms with Crippen LogP contribution in [-0.4, -0.2) is 24.1 Å². The second-order valence-corrected chi connectivity index (χ2v) is 5.17. The molecule has 0 aliphatic heterocycles. The molecule has 0 atom stereocenters. The minimum atomic E-state index is 0.739. The molecule has 0 aliphatic rings. The number of imidazole rings is 1. The number of hydrogen-bond acceptors (Lipinski definition) is 4. The fourth-order valence-electron chi connectivity index (χ4n) is 2.54. The standard InChI is InChI=1S/C16H14N6/c1-11-2-3-13(17)6-15(11)21-4-5-22-16(21)7-14(20-22)12-8-18-10-19-9-12/h2-10H,17H2,1H3. The molecule has 0 saturated carbocycles. The molecule has 0 aliphatic carbocycles. The molecular weight excluding hydrogens is 276 g/mol. The third-order valence-electron chi connectivity index (χ3n) is 3.67. The van der Waals surface area contributed by atoms with Crippen LogP contribution in [0.25, 0.3) is 22.6 Å². The van der Waals surface area contributed by atoms with Crippen molar-refractivity contribution in [2.45, 2.75) is 6.92 Å². The van der Waals surface area contributed by atoms with Gasteiger partial charge in [0.25, 0.3) is 0 Å². The molecule has 2 N–H and O–H groups in total. The predicted octanol–water partition coefficient (Wildman–Crippen LogP) is 2.47. The van der Waals surface area contributed by atoms with Gasteiger partial charge in [-0.05, 0) is 24.6 Å². The van der Waals surface area contributed by atoms with Crippen LogP contribution in [0.15, 0.2) is 55.4 Å². The highest BCUT2D eigenvalue weighted by molar-refractivity contribution is 5.65. The number of benzene rings is 1. The summed E-state index contributed by atoms with van der Waals surface area (Å²) in [6.07, 6.45) is 8.92. The van der Waals surface area contributed by atoms with Crippen molar-refractivity contribution in [3.05, 3.63) is 60.9 Å². The summed E-state index contributed by atoms with van der Waals surface area (Å²) in [6.45, 7) is 2.06. The van der Waals surface area contributed by atoms with Gasteiger partial charge in [0.1, 0.15) is 12.0 Å². The molecule has 0 amide bonds. The lowest BCUT2D eigenvalue weighted by atomic mass is 10.2. The summed E-state index contributed by atoms with van der Waals surface area (Å²) in [6, 6.07) is 7.90. The van der Waals surface area contributed by atoms with Gasteiger partial charge in [-0.25, -0.2) is 14.5 Å². The Labute approximate surface area is 126 Å². The Hall–Kier alpha value is -3.15. The second-order valence-electron chi connectivity index (χ2n) is 5.17. The molecule has 1 aromatic carbocycles. The van der Waals surface area contributed by atoms with Crippen LogP contribution in [0.1, 0.15) is 5.56 Å². The Morgan fingerprint density at radius 1 is 1.05 bits per heavy atom. The molecule has 3 aromatic heterocycles. The summed E-state index contributed by atoms with van der Waals surface area (Å²) in [4.78, 5) is 8.08. The van der Waals surface area contributed by atoms with E-state index in [1.807, 2.05) is 41.2 Å². The summed E-state index contributed by atoms with van der Waals surface area (Å²) in [5.41, 5.74) is 11.6. The quantitative estimate of drug-likeness (QED) is 0.575. The first-order valence-corrected chi connectivity index (χ1v) is 6.91. The molecule has 0 spiro atoms. The molecule has 3 heterocycles. The van der Waals surface area contributed by atoms with Crippen LogP contribution in [0.3, 0.4) is 0 Å². The van der Waals surface area contributed by atoms with E-state index in [-0.39, 0.29) is 0 Å². The molecule has 108 valence electrons. The molecule has 0 unspecified atom stereocenters. The number of anilines is 1. The van der Waals surface area contributed by atoms with Gasteiger partial charge in [0.2, 0.25) is 0 Å². The zero-order valence-electron chi connectivity index (χ0n) is 12.0. The molecule has 22 heavy (non-hydrogen) atoms. The van der Waals surface area contributed by atoms with Gasteiger partial charge < -0.3 is 5.73 Å². The highest BCUT2D eigenvalue weighted by Crippen LogP contribution is 2.24. The van der Waals surface area contributed by atoms with Crippen molar-refractivity contribution in [3.8, 4) is 16.9 Å². The number of rotatable bonds is 2. The van der Waals surface area contributed by atoms with Crippen molar-refractivity contribution in [1.29, 1.82) is 0 Å². The van der Waals surface area contributed by atoms with E-state index < -0.39 is 0 Å². The van der Waals surface area contributed by atoms with Gasteiger partial charge in [-0.15, -0.1) is 0 Å². The fourth-order valence-corrected chi connectivity index (χ4v) is 2.54. The van der Waals surface area contributed by atoms with Gasteiger partial charge in [-0.3, -0.25) is 4.57 Å². The Kier molecular flexibility index (Phi) is 2.69. The van der Waals surface area contributed by atoms with Crippen molar-refractivity contribution in [1.82, 2.24) is 24.1 Å². The van der Waals surface area contributed by atoms with E-state index in [1.165, 1.54) is 6.33 Å². The molecule has 4 rings (SSSR count). The Bertz CT molecular complexity index is 951. The van der Waals surface area contributed by atoms with E-state index in [4.69, 9.17) is 5.73 Å². The molecule has 0 bridgehead atoms. The van der Waals surface area contributed by atoms with Gasteiger partial charge in [0.15, 0.2) is 0 Å². The first-order valence-electron chi connectivity index (χ1n) is 6.91. The third kappa shape index (κ3) is 1.93. The number of hydrogen-bond donors (Lipinski definition) is 1. The summed E-state index contributed by atoms with van der Waals surface area (Å²) < 4.78 is 3.91. The van der Waals surface area contributed by atoms with Gasteiger partial charge in [0.05, 0.1) is 11.4 Å². The smallest absolute Gasteiger partial charge is 0.140 e. The third-order valence-corrected chi connectivity index (χ3v) is 3.67. The van der Waals surface area contributed by atoms with Crippen LogP contribution in [0.5, 0.6) is 0 Å². The maximum Gasteiger partial charge on any atom is 0.140 e. The summed E-state index contributed by atoms with van der Waals surface area (Å²) in [5.74, 6) is 0. The van der Waals surface area contributed by atoms with Crippen LogP contribution in [-0.2, 0) is 0 Å². The highest BCUT2D eigenvalue weighted by atomic mass is 15.3. The number of fused-ring (bicyclic) bond motifs is 1. The van der Waals surface area contributed by atoms with Crippen molar-refractivity contribution in [2.75, 3.05) is 5.73 Å². The normalized spacial score (nSPS) is 11.1. The van der Waals surface area contributed by atoms with Gasteiger partial charge in [0, 0.05) is 42.1 Å². The minimum absolute atomic E-state index is 0.739. The van der Waals surface area contributed by atoms with Crippen molar-refractivity contribution in [2.24, 2.45) is 0 Å². The van der Waals surface area contributed by atoms with Crippen LogP contribution in [0, 0.1) is 6.92 Å². The Balaban J connectivity index is 1.90. The summed E-state index contributed by atoms with van der Waals surface area (Å²) in [5, 5.41) is 4.57. The monoisotopic (exact) mass is 290 g/mol. The van der Waals surface area contributed by atoms with E-state index in [9.17, 15) is 0 Å². The first-order chi connectivity index (χ1) is 10.7. The lowest BCUT2D eigenvalue weighted by Gasteiger charge is -2.08. The lowest BCUT2D eigenvalue weighted by Crippen LogP contribution is -1.97. The lowest BCUT2D eigenvalue weighted by molar-refractivity contribution is 0.966.